The lowest BCUT2D eigenvalue weighted by atomic mass is 9.90. The average molecular weight is 583 g/mol. The molecule has 1 fully saturated rings. The Balaban J connectivity index is 1.31. The molecule has 0 spiro atoms. The Kier molecular flexibility index (Phi) is 7.21. The highest BCUT2D eigenvalue weighted by atomic mass is 79.9. The van der Waals surface area contributed by atoms with Crippen LogP contribution >= 0.6 is 31.9 Å². The van der Waals surface area contributed by atoms with E-state index in [1.807, 2.05) is 18.2 Å². The van der Waals surface area contributed by atoms with Crippen LogP contribution in [0.1, 0.15) is 22.3 Å². The van der Waals surface area contributed by atoms with Crippen LogP contribution in [0.4, 0.5) is 0 Å². The van der Waals surface area contributed by atoms with Crippen molar-refractivity contribution in [2.75, 3.05) is 26.2 Å². The molecule has 176 valence electrons. The molecule has 0 bridgehead atoms. The second-order valence-corrected chi connectivity index (χ2v) is 11.0. The largest absolute Gasteiger partial charge is 0.350 e. The predicted molar refractivity (Wildman–Crippen MR) is 144 cm³/mol. The van der Waals surface area contributed by atoms with E-state index in [1.54, 1.807) is 0 Å². The summed E-state index contributed by atoms with van der Waals surface area (Å²) in [5.74, 6) is 0.138. The van der Waals surface area contributed by atoms with E-state index in [0.717, 1.165) is 60.1 Å². The lowest BCUT2D eigenvalue weighted by Crippen LogP contribution is -2.64. The van der Waals surface area contributed by atoms with Crippen molar-refractivity contribution in [3.63, 3.8) is 0 Å². The molecule has 3 aromatic carbocycles. The molecule has 0 unspecified atom stereocenters. The summed E-state index contributed by atoms with van der Waals surface area (Å²) in [5, 5.41) is 3.28. The van der Waals surface area contributed by atoms with E-state index in [9.17, 15) is 4.79 Å². The van der Waals surface area contributed by atoms with Gasteiger partial charge in [-0.05, 0) is 34.4 Å². The van der Waals surface area contributed by atoms with Crippen LogP contribution < -0.4 is 5.32 Å². The molecule has 0 aromatic heterocycles. The van der Waals surface area contributed by atoms with Crippen LogP contribution in [-0.2, 0) is 30.7 Å². The van der Waals surface area contributed by atoms with Crippen molar-refractivity contribution < 1.29 is 4.79 Å². The molecule has 3 aromatic rings. The van der Waals surface area contributed by atoms with Gasteiger partial charge in [0.1, 0.15) is 5.54 Å². The number of benzene rings is 3. The standard InChI is InChI=1S/C28H29Br2N3O/c29-25-11-5-3-9-23(25)19-31-27(34)28(17-21-7-1-2-8-22(21)18-28)33-15-13-32(14-16-33)20-24-10-4-6-12-26(24)30/h1-12H,13-20H2,(H,31,34). The van der Waals surface area contributed by atoms with E-state index in [4.69, 9.17) is 0 Å². The molecule has 0 radical (unpaired) electrons. The zero-order chi connectivity index (χ0) is 23.5. The summed E-state index contributed by atoms with van der Waals surface area (Å²) in [5.41, 5.74) is 4.48. The van der Waals surface area contributed by atoms with E-state index >= 15 is 0 Å². The van der Waals surface area contributed by atoms with Crippen molar-refractivity contribution in [2.24, 2.45) is 0 Å². The molecule has 2 aliphatic rings. The van der Waals surface area contributed by atoms with Crippen LogP contribution in [0.25, 0.3) is 0 Å². The Morgan fingerprint density at radius 1 is 0.765 bits per heavy atom. The normalized spacial score (nSPS) is 17.9. The van der Waals surface area contributed by atoms with Crippen molar-refractivity contribution in [1.29, 1.82) is 0 Å². The van der Waals surface area contributed by atoms with Crippen LogP contribution in [-0.4, -0.2) is 47.4 Å². The van der Waals surface area contributed by atoms with Gasteiger partial charge in [0, 0.05) is 61.1 Å². The van der Waals surface area contributed by atoms with Gasteiger partial charge < -0.3 is 5.32 Å². The highest BCUT2D eigenvalue weighted by Gasteiger charge is 2.48. The maximum atomic E-state index is 13.8. The van der Waals surface area contributed by atoms with Crippen molar-refractivity contribution >= 4 is 37.8 Å². The second-order valence-electron chi connectivity index (χ2n) is 9.28. The summed E-state index contributed by atoms with van der Waals surface area (Å²) < 4.78 is 2.19. The molecular weight excluding hydrogens is 554 g/mol. The molecular formula is C28H29Br2N3O. The van der Waals surface area contributed by atoms with Gasteiger partial charge in [-0.25, -0.2) is 0 Å². The summed E-state index contributed by atoms with van der Waals surface area (Å²) >= 11 is 7.29. The smallest absolute Gasteiger partial charge is 0.241 e. The van der Waals surface area contributed by atoms with Gasteiger partial charge in [-0.2, -0.15) is 0 Å². The molecule has 1 N–H and O–H groups in total. The molecule has 5 rings (SSSR count). The number of nitrogens with zero attached hydrogens (tertiary/aromatic N) is 2. The van der Waals surface area contributed by atoms with Crippen LogP contribution in [0.3, 0.4) is 0 Å². The first-order valence-electron chi connectivity index (χ1n) is 11.8. The number of fused-ring (bicyclic) bond motifs is 1. The highest BCUT2D eigenvalue weighted by Crippen LogP contribution is 2.36. The summed E-state index contributed by atoms with van der Waals surface area (Å²) in [6.45, 7) is 5.15. The fraction of sp³-hybridized carbons (Fsp3) is 0.321. The Hall–Kier alpha value is -1.99. The summed E-state index contributed by atoms with van der Waals surface area (Å²) in [7, 11) is 0. The van der Waals surface area contributed by atoms with E-state index in [1.165, 1.54) is 16.7 Å². The van der Waals surface area contributed by atoms with Gasteiger partial charge in [-0.1, -0.05) is 92.5 Å². The number of nitrogens with one attached hydrogen (secondary N) is 1. The molecule has 1 aliphatic heterocycles. The minimum atomic E-state index is -0.523. The fourth-order valence-corrected chi connectivity index (χ4v) is 6.14. The van der Waals surface area contributed by atoms with Crippen molar-refractivity contribution in [3.8, 4) is 0 Å². The minimum absolute atomic E-state index is 0.138. The zero-order valence-corrected chi connectivity index (χ0v) is 22.3. The molecule has 0 atom stereocenters. The maximum absolute atomic E-state index is 13.8. The zero-order valence-electron chi connectivity index (χ0n) is 19.1. The van der Waals surface area contributed by atoms with E-state index in [-0.39, 0.29) is 5.91 Å². The second kappa shape index (κ2) is 10.3. The Labute approximate surface area is 218 Å². The average Bonchev–Trinajstić information content (AvgIpc) is 3.26. The number of rotatable bonds is 6. The number of halogens is 2. The van der Waals surface area contributed by atoms with Crippen molar-refractivity contribution in [1.82, 2.24) is 15.1 Å². The van der Waals surface area contributed by atoms with Gasteiger partial charge >= 0.3 is 0 Å². The first kappa shape index (κ1) is 23.7. The molecule has 1 saturated heterocycles. The molecule has 4 nitrogen and oxygen atoms in total. The van der Waals surface area contributed by atoms with Gasteiger partial charge in [-0.15, -0.1) is 0 Å². The number of carbonyl (C=O) groups is 1. The SMILES string of the molecule is O=C(NCc1ccccc1Br)C1(N2CCN(Cc3ccccc3Br)CC2)Cc2ccccc2C1. The number of hydrogen-bond donors (Lipinski definition) is 1. The molecule has 34 heavy (non-hydrogen) atoms. The lowest BCUT2D eigenvalue weighted by molar-refractivity contribution is -0.135. The van der Waals surface area contributed by atoms with E-state index in [0.29, 0.717) is 6.54 Å². The van der Waals surface area contributed by atoms with Gasteiger partial charge in [0.25, 0.3) is 0 Å². The number of amides is 1. The molecule has 1 heterocycles. The van der Waals surface area contributed by atoms with Crippen LogP contribution in [0.15, 0.2) is 81.7 Å². The van der Waals surface area contributed by atoms with Crippen LogP contribution in [0.2, 0.25) is 0 Å². The van der Waals surface area contributed by atoms with Crippen LogP contribution in [0.5, 0.6) is 0 Å². The Morgan fingerprint density at radius 2 is 1.29 bits per heavy atom. The first-order valence-corrected chi connectivity index (χ1v) is 13.4. The quantitative estimate of drug-likeness (QED) is 0.435. The number of piperazine rings is 1. The molecule has 1 aliphatic carbocycles. The number of hydrogen-bond acceptors (Lipinski definition) is 3. The van der Waals surface area contributed by atoms with E-state index in [2.05, 4.69) is 102 Å². The van der Waals surface area contributed by atoms with Crippen LogP contribution in [0, 0.1) is 0 Å². The van der Waals surface area contributed by atoms with Crippen molar-refractivity contribution in [2.45, 2.75) is 31.5 Å². The maximum Gasteiger partial charge on any atom is 0.241 e. The van der Waals surface area contributed by atoms with Gasteiger partial charge in [-0.3, -0.25) is 14.6 Å². The van der Waals surface area contributed by atoms with Gasteiger partial charge in [0.05, 0.1) is 0 Å². The van der Waals surface area contributed by atoms with Gasteiger partial charge in [0.15, 0.2) is 0 Å². The lowest BCUT2D eigenvalue weighted by Gasteiger charge is -2.45. The highest BCUT2D eigenvalue weighted by molar-refractivity contribution is 9.10. The van der Waals surface area contributed by atoms with Gasteiger partial charge in [0.2, 0.25) is 5.91 Å². The third-order valence-electron chi connectivity index (χ3n) is 7.23. The molecule has 1 amide bonds. The summed E-state index contributed by atoms with van der Waals surface area (Å²) in [6, 6.07) is 25.1. The summed E-state index contributed by atoms with van der Waals surface area (Å²) in [6.07, 6.45) is 1.55. The molecule has 0 saturated carbocycles. The third-order valence-corrected chi connectivity index (χ3v) is 8.78. The Morgan fingerprint density at radius 3 is 1.88 bits per heavy atom. The Bertz CT molecular complexity index is 1150. The first-order chi connectivity index (χ1) is 16.5. The number of carbonyl (C=O) groups excluding carboxylic acids is 1. The minimum Gasteiger partial charge on any atom is -0.350 e. The monoisotopic (exact) mass is 581 g/mol. The summed E-state index contributed by atoms with van der Waals surface area (Å²) in [4.78, 5) is 18.8. The topological polar surface area (TPSA) is 35.6 Å². The van der Waals surface area contributed by atoms with Crippen molar-refractivity contribution in [3.05, 3.63) is 104 Å². The van der Waals surface area contributed by atoms with E-state index < -0.39 is 5.54 Å². The predicted octanol–water partition coefficient (Wildman–Crippen LogP) is 5.18. The third kappa shape index (κ3) is 4.87. The molecule has 6 heteroatoms. The fourth-order valence-electron chi connectivity index (χ4n) is 5.31.